The van der Waals surface area contributed by atoms with Crippen LogP contribution in [0.25, 0.3) is 0 Å². The summed E-state index contributed by atoms with van der Waals surface area (Å²) in [6, 6.07) is 5.12. The lowest BCUT2D eigenvalue weighted by Gasteiger charge is -2.27. The van der Waals surface area contributed by atoms with E-state index in [-0.39, 0.29) is 6.54 Å². The quantitative estimate of drug-likeness (QED) is 0.714. The fraction of sp³-hybridized carbons (Fsp3) is 0.333. The summed E-state index contributed by atoms with van der Waals surface area (Å²) in [6.45, 7) is 10.9. The monoisotopic (exact) mass is 389 g/mol. The van der Waals surface area contributed by atoms with Crippen molar-refractivity contribution in [2.45, 2.75) is 33.9 Å². The summed E-state index contributed by atoms with van der Waals surface area (Å²) in [5, 5.41) is 4.34. The maximum absolute atomic E-state index is 13.9. The largest absolute Gasteiger partial charge is 0.472 e. The standard InChI is InChI=1S/C19H19F2N3O2.C2H6/c1-3-13(4-2)12-26-17-10-14-11-23(8-9-24(14)22-17)19(25)18-15(20)6-5-7-16(18)21;1-2/h3-7,10H,1,8-9,11-12H2,2H3;1-2H3/b13-4+;. The van der Waals surface area contributed by atoms with E-state index >= 15 is 0 Å². The molecule has 0 unspecified atom stereocenters. The third-order valence-electron chi connectivity index (χ3n) is 4.26. The van der Waals surface area contributed by atoms with Gasteiger partial charge in [0.1, 0.15) is 23.8 Å². The van der Waals surface area contributed by atoms with E-state index in [0.29, 0.717) is 25.6 Å². The summed E-state index contributed by atoms with van der Waals surface area (Å²) < 4.78 is 35.1. The lowest BCUT2D eigenvalue weighted by Crippen LogP contribution is -2.39. The molecule has 1 aromatic heterocycles. The Bertz CT molecular complexity index is 854. The molecule has 5 nitrogen and oxygen atoms in total. The summed E-state index contributed by atoms with van der Waals surface area (Å²) in [6.07, 6.45) is 3.60. The first-order valence-electron chi connectivity index (χ1n) is 9.24. The number of halogens is 2. The zero-order valence-electron chi connectivity index (χ0n) is 16.4. The molecule has 0 saturated carbocycles. The summed E-state index contributed by atoms with van der Waals surface area (Å²) in [5.41, 5.74) is 1.15. The SMILES string of the molecule is C=C/C(=C\C)COc1cc2n(n1)CCN(C(=O)c1c(F)cccc1F)C2.CC. The van der Waals surface area contributed by atoms with Crippen molar-refractivity contribution in [2.24, 2.45) is 0 Å². The number of carbonyl (C=O) groups is 1. The molecular weight excluding hydrogens is 364 g/mol. The fourth-order valence-electron chi connectivity index (χ4n) is 2.76. The van der Waals surface area contributed by atoms with E-state index in [2.05, 4.69) is 11.7 Å². The molecule has 1 aromatic carbocycles. The smallest absolute Gasteiger partial charge is 0.260 e. The Balaban J connectivity index is 0.00000136. The number of amides is 1. The van der Waals surface area contributed by atoms with Gasteiger partial charge in [-0.3, -0.25) is 9.48 Å². The van der Waals surface area contributed by atoms with Gasteiger partial charge in [-0.25, -0.2) is 8.78 Å². The molecule has 2 aromatic rings. The second-order valence-electron chi connectivity index (χ2n) is 5.88. The summed E-state index contributed by atoms with van der Waals surface area (Å²) in [5.74, 6) is -1.95. The third kappa shape index (κ3) is 4.65. The van der Waals surface area contributed by atoms with Crippen LogP contribution in [0.4, 0.5) is 8.78 Å². The average Bonchev–Trinajstić information content (AvgIpc) is 3.12. The summed E-state index contributed by atoms with van der Waals surface area (Å²) >= 11 is 0. The van der Waals surface area contributed by atoms with Crippen LogP contribution in [-0.4, -0.2) is 33.7 Å². The van der Waals surface area contributed by atoms with Gasteiger partial charge >= 0.3 is 0 Å². The topological polar surface area (TPSA) is 47.4 Å². The Morgan fingerprint density at radius 2 is 1.96 bits per heavy atom. The summed E-state index contributed by atoms with van der Waals surface area (Å²) in [4.78, 5) is 13.9. The Labute approximate surface area is 163 Å². The van der Waals surface area contributed by atoms with Crippen LogP contribution in [0, 0.1) is 11.6 Å². The van der Waals surface area contributed by atoms with E-state index in [0.717, 1.165) is 23.4 Å². The minimum Gasteiger partial charge on any atom is -0.472 e. The van der Waals surface area contributed by atoms with E-state index in [4.69, 9.17) is 4.74 Å². The molecule has 7 heteroatoms. The van der Waals surface area contributed by atoms with Gasteiger partial charge in [0.2, 0.25) is 5.88 Å². The Kier molecular flexibility index (Phi) is 7.49. The van der Waals surface area contributed by atoms with Crippen molar-refractivity contribution in [3.05, 3.63) is 71.5 Å². The van der Waals surface area contributed by atoms with Gasteiger partial charge in [0.25, 0.3) is 5.91 Å². The molecule has 0 atom stereocenters. The van der Waals surface area contributed by atoms with Crippen LogP contribution in [0.2, 0.25) is 0 Å². The van der Waals surface area contributed by atoms with E-state index in [1.807, 2.05) is 26.8 Å². The third-order valence-corrected chi connectivity index (χ3v) is 4.26. The van der Waals surface area contributed by atoms with E-state index in [1.54, 1.807) is 16.8 Å². The second kappa shape index (κ2) is 9.82. The number of nitrogens with zero attached hydrogens (tertiary/aromatic N) is 3. The first-order chi connectivity index (χ1) is 13.5. The molecule has 0 spiro atoms. The van der Waals surface area contributed by atoms with Crippen LogP contribution in [-0.2, 0) is 13.1 Å². The predicted octanol–water partition coefficient (Wildman–Crippen LogP) is 4.35. The maximum Gasteiger partial charge on any atom is 0.260 e. The molecule has 1 aliphatic rings. The number of carbonyl (C=O) groups excluding carboxylic acids is 1. The Hall–Kier alpha value is -2.96. The molecule has 0 radical (unpaired) electrons. The van der Waals surface area contributed by atoms with Gasteiger partial charge in [-0.2, -0.15) is 0 Å². The van der Waals surface area contributed by atoms with Crippen molar-refractivity contribution < 1.29 is 18.3 Å². The highest BCUT2D eigenvalue weighted by atomic mass is 19.1. The molecule has 1 aliphatic heterocycles. The van der Waals surface area contributed by atoms with E-state index in [1.165, 1.54) is 11.0 Å². The fourth-order valence-corrected chi connectivity index (χ4v) is 2.76. The molecule has 0 aliphatic carbocycles. The van der Waals surface area contributed by atoms with Crippen molar-refractivity contribution in [1.82, 2.24) is 14.7 Å². The van der Waals surface area contributed by atoms with Gasteiger partial charge in [-0.15, -0.1) is 5.10 Å². The van der Waals surface area contributed by atoms with Crippen molar-refractivity contribution in [1.29, 1.82) is 0 Å². The van der Waals surface area contributed by atoms with Crippen molar-refractivity contribution in [2.75, 3.05) is 13.2 Å². The number of rotatable bonds is 5. The van der Waals surface area contributed by atoms with Crippen LogP contribution in [0.1, 0.15) is 36.8 Å². The van der Waals surface area contributed by atoms with Crippen LogP contribution < -0.4 is 4.74 Å². The number of ether oxygens (including phenoxy) is 1. The van der Waals surface area contributed by atoms with E-state index < -0.39 is 23.1 Å². The first-order valence-corrected chi connectivity index (χ1v) is 9.24. The highest BCUT2D eigenvalue weighted by Crippen LogP contribution is 2.22. The Morgan fingerprint density at radius 3 is 2.57 bits per heavy atom. The second-order valence-corrected chi connectivity index (χ2v) is 5.88. The van der Waals surface area contributed by atoms with Crippen molar-refractivity contribution >= 4 is 5.91 Å². The normalized spacial score (nSPS) is 13.3. The zero-order valence-corrected chi connectivity index (χ0v) is 16.4. The average molecular weight is 389 g/mol. The Morgan fingerprint density at radius 1 is 1.29 bits per heavy atom. The number of hydrogen-bond acceptors (Lipinski definition) is 3. The van der Waals surface area contributed by atoms with Gasteiger partial charge in [0, 0.05) is 12.6 Å². The molecule has 3 rings (SSSR count). The molecule has 1 amide bonds. The van der Waals surface area contributed by atoms with Gasteiger partial charge in [-0.1, -0.05) is 38.6 Å². The lowest BCUT2D eigenvalue weighted by molar-refractivity contribution is 0.0696. The number of aromatic nitrogens is 2. The van der Waals surface area contributed by atoms with Crippen LogP contribution >= 0.6 is 0 Å². The predicted molar refractivity (Wildman–Crippen MR) is 104 cm³/mol. The van der Waals surface area contributed by atoms with Crippen LogP contribution in [0.3, 0.4) is 0 Å². The number of hydrogen-bond donors (Lipinski definition) is 0. The van der Waals surface area contributed by atoms with Crippen LogP contribution in [0.15, 0.2) is 48.6 Å². The van der Waals surface area contributed by atoms with Gasteiger partial charge in [-0.05, 0) is 24.6 Å². The summed E-state index contributed by atoms with van der Waals surface area (Å²) in [7, 11) is 0. The molecule has 150 valence electrons. The number of allylic oxidation sites excluding steroid dienone is 1. The maximum atomic E-state index is 13.9. The first kappa shape index (κ1) is 21.3. The van der Waals surface area contributed by atoms with Gasteiger partial charge in [0.15, 0.2) is 0 Å². The molecule has 0 fully saturated rings. The number of benzene rings is 1. The molecule has 0 saturated heterocycles. The number of fused-ring (bicyclic) bond motifs is 1. The van der Waals surface area contributed by atoms with Crippen molar-refractivity contribution in [3.63, 3.8) is 0 Å². The van der Waals surface area contributed by atoms with Gasteiger partial charge in [0.05, 0.1) is 18.8 Å². The zero-order chi connectivity index (χ0) is 20.7. The van der Waals surface area contributed by atoms with E-state index in [9.17, 15) is 13.6 Å². The van der Waals surface area contributed by atoms with Crippen molar-refractivity contribution in [3.8, 4) is 5.88 Å². The minimum absolute atomic E-state index is 0.209. The molecule has 0 bridgehead atoms. The lowest BCUT2D eigenvalue weighted by atomic mass is 10.1. The highest BCUT2D eigenvalue weighted by Gasteiger charge is 2.27. The molecular formula is C21H25F2N3O2. The molecule has 28 heavy (non-hydrogen) atoms. The van der Waals surface area contributed by atoms with Gasteiger partial charge < -0.3 is 9.64 Å². The van der Waals surface area contributed by atoms with Crippen LogP contribution in [0.5, 0.6) is 5.88 Å². The highest BCUT2D eigenvalue weighted by molar-refractivity contribution is 5.94. The molecule has 0 N–H and O–H groups in total. The minimum atomic E-state index is -0.860. The molecule has 2 heterocycles.